The van der Waals surface area contributed by atoms with Gasteiger partial charge < -0.3 is 4.90 Å². The molecule has 1 aliphatic heterocycles. The van der Waals surface area contributed by atoms with Crippen molar-refractivity contribution in [3.8, 4) is 0 Å². The summed E-state index contributed by atoms with van der Waals surface area (Å²) < 4.78 is 0.791. The molecular weight excluding hydrogens is 218 g/mol. The highest BCUT2D eigenvalue weighted by molar-refractivity contribution is 9.10. The predicted octanol–water partition coefficient (Wildman–Crippen LogP) is 1.84. The summed E-state index contributed by atoms with van der Waals surface area (Å²) in [5.41, 5.74) is 0. The van der Waals surface area contributed by atoms with E-state index in [1.165, 1.54) is 6.42 Å². The largest absolute Gasteiger partial charge is 0.352 e. The molecule has 1 atom stereocenters. The molecule has 0 aromatic carbocycles. The molecule has 0 saturated carbocycles. The Labute approximate surface area is 80.0 Å². The van der Waals surface area contributed by atoms with Crippen LogP contribution in [0.15, 0.2) is 17.0 Å². The fraction of sp³-hybridized carbons (Fsp3) is 0.500. The molecule has 1 fully saturated rings. The molecular formula is C8H10BrN3. The Kier molecular flexibility index (Phi) is 2.00. The van der Waals surface area contributed by atoms with Crippen molar-refractivity contribution in [3.63, 3.8) is 0 Å². The van der Waals surface area contributed by atoms with Gasteiger partial charge in [0.05, 0.1) is 12.4 Å². The topological polar surface area (TPSA) is 29.0 Å². The fourth-order valence-corrected chi connectivity index (χ4v) is 1.52. The van der Waals surface area contributed by atoms with Gasteiger partial charge in [0.2, 0.25) is 0 Å². The summed E-state index contributed by atoms with van der Waals surface area (Å²) in [7, 11) is 0. The van der Waals surface area contributed by atoms with E-state index in [9.17, 15) is 0 Å². The summed E-state index contributed by atoms with van der Waals surface area (Å²) in [5.74, 6) is 0.983. The summed E-state index contributed by atoms with van der Waals surface area (Å²) in [6, 6.07) is 0.625. The number of rotatable bonds is 1. The van der Waals surface area contributed by atoms with Gasteiger partial charge in [-0.1, -0.05) is 0 Å². The smallest absolute Gasteiger partial charge is 0.147 e. The van der Waals surface area contributed by atoms with E-state index >= 15 is 0 Å². The van der Waals surface area contributed by atoms with Crippen molar-refractivity contribution in [1.29, 1.82) is 0 Å². The van der Waals surface area contributed by atoms with Crippen molar-refractivity contribution in [3.05, 3.63) is 17.0 Å². The Hall–Kier alpha value is -0.640. The van der Waals surface area contributed by atoms with Crippen LogP contribution in [0.4, 0.5) is 5.82 Å². The van der Waals surface area contributed by atoms with Crippen LogP contribution in [0.1, 0.15) is 13.3 Å². The van der Waals surface area contributed by atoms with Gasteiger partial charge in [-0.3, -0.25) is 0 Å². The van der Waals surface area contributed by atoms with Gasteiger partial charge in [-0.25, -0.2) is 9.97 Å². The van der Waals surface area contributed by atoms with Gasteiger partial charge in [0.1, 0.15) is 10.4 Å². The lowest BCUT2D eigenvalue weighted by Crippen LogP contribution is -2.46. The van der Waals surface area contributed by atoms with Crippen molar-refractivity contribution in [1.82, 2.24) is 9.97 Å². The van der Waals surface area contributed by atoms with E-state index in [1.807, 2.05) is 0 Å². The van der Waals surface area contributed by atoms with Crippen molar-refractivity contribution < 1.29 is 0 Å². The van der Waals surface area contributed by atoms with Crippen LogP contribution in [0.2, 0.25) is 0 Å². The summed E-state index contributed by atoms with van der Waals surface area (Å²) in [6.07, 6.45) is 4.80. The van der Waals surface area contributed by atoms with Gasteiger partial charge in [0.25, 0.3) is 0 Å². The number of nitrogens with zero attached hydrogens (tertiary/aromatic N) is 3. The maximum Gasteiger partial charge on any atom is 0.147 e. The number of hydrogen-bond donors (Lipinski definition) is 0. The van der Waals surface area contributed by atoms with E-state index in [0.29, 0.717) is 6.04 Å². The normalized spacial score (nSPS) is 22.2. The van der Waals surface area contributed by atoms with Crippen LogP contribution in [0, 0.1) is 0 Å². The van der Waals surface area contributed by atoms with Crippen molar-refractivity contribution in [2.45, 2.75) is 19.4 Å². The van der Waals surface area contributed by atoms with E-state index in [1.54, 1.807) is 12.4 Å². The zero-order valence-electron chi connectivity index (χ0n) is 6.87. The molecule has 64 valence electrons. The standard InChI is InChI=1S/C8H10BrN3/c1-6-2-3-12(6)8-5-10-7(9)4-11-8/h4-6H,2-3H2,1H3. The van der Waals surface area contributed by atoms with E-state index in [0.717, 1.165) is 17.0 Å². The van der Waals surface area contributed by atoms with Crippen LogP contribution in [0.3, 0.4) is 0 Å². The van der Waals surface area contributed by atoms with Crippen molar-refractivity contribution in [2.75, 3.05) is 11.4 Å². The minimum Gasteiger partial charge on any atom is -0.352 e. The fourth-order valence-electron chi connectivity index (χ4n) is 1.31. The van der Waals surface area contributed by atoms with Crippen LogP contribution in [0.25, 0.3) is 0 Å². The monoisotopic (exact) mass is 227 g/mol. The molecule has 2 rings (SSSR count). The quantitative estimate of drug-likeness (QED) is 0.734. The Morgan fingerprint density at radius 1 is 1.50 bits per heavy atom. The zero-order chi connectivity index (χ0) is 8.55. The molecule has 0 N–H and O–H groups in total. The molecule has 0 spiro atoms. The average molecular weight is 228 g/mol. The van der Waals surface area contributed by atoms with Gasteiger partial charge in [0, 0.05) is 12.6 Å². The third-order valence-corrected chi connectivity index (χ3v) is 2.63. The summed E-state index contributed by atoms with van der Waals surface area (Å²) in [5, 5.41) is 0. The second kappa shape index (κ2) is 3.01. The Bertz CT molecular complexity index is 272. The number of halogens is 1. The van der Waals surface area contributed by atoms with Crippen LogP contribution >= 0.6 is 15.9 Å². The number of anilines is 1. The molecule has 12 heavy (non-hydrogen) atoms. The molecule has 2 heterocycles. The van der Waals surface area contributed by atoms with Crippen LogP contribution in [0.5, 0.6) is 0 Å². The Morgan fingerprint density at radius 2 is 2.33 bits per heavy atom. The first-order valence-corrected chi connectivity index (χ1v) is 4.81. The SMILES string of the molecule is CC1CCN1c1cnc(Br)cn1. The molecule has 1 aromatic heterocycles. The highest BCUT2D eigenvalue weighted by Crippen LogP contribution is 2.23. The minimum atomic E-state index is 0.625. The second-order valence-corrected chi connectivity index (χ2v) is 3.84. The van der Waals surface area contributed by atoms with E-state index in [4.69, 9.17) is 0 Å². The maximum absolute atomic E-state index is 4.27. The van der Waals surface area contributed by atoms with Crippen molar-refractivity contribution in [2.24, 2.45) is 0 Å². The lowest BCUT2D eigenvalue weighted by atomic mass is 10.1. The van der Waals surface area contributed by atoms with Gasteiger partial charge in [-0.2, -0.15) is 0 Å². The highest BCUT2D eigenvalue weighted by atomic mass is 79.9. The molecule has 4 heteroatoms. The third kappa shape index (κ3) is 1.31. The molecule has 3 nitrogen and oxygen atoms in total. The van der Waals surface area contributed by atoms with Crippen LogP contribution < -0.4 is 4.90 Å². The molecule has 1 aromatic rings. The molecule has 1 unspecified atom stereocenters. The van der Waals surface area contributed by atoms with Crippen LogP contribution in [-0.4, -0.2) is 22.6 Å². The summed E-state index contributed by atoms with van der Waals surface area (Å²) in [4.78, 5) is 10.6. The first-order valence-electron chi connectivity index (χ1n) is 4.01. The van der Waals surface area contributed by atoms with Crippen molar-refractivity contribution >= 4 is 21.7 Å². The molecule has 0 aliphatic carbocycles. The lowest BCUT2D eigenvalue weighted by Gasteiger charge is -2.39. The number of aromatic nitrogens is 2. The van der Waals surface area contributed by atoms with E-state index < -0.39 is 0 Å². The van der Waals surface area contributed by atoms with Gasteiger partial charge >= 0.3 is 0 Å². The first-order chi connectivity index (χ1) is 5.77. The second-order valence-electron chi connectivity index (χ2n) is 3.03. The predicted molar refractivity (Wildman–Crippen MR) is 51.2 cm³/mol. The average Bonchev–Trinajstić information content (AvgIpc) is 2.06. The number of hydrogen-bond acceptors (Lipinski definition) is 3. The van der Waals surface area contributed by atoms with E-state index in [2.05, 4.69) is 37.7 Å². The molecule has 1 aliphatic rings. The lowest BCUT2D eigenvalue weighted by molar-refractivity contribution is 0.475. The Balaban J connectivity index is 2.18. The van der Waals surface area contributed by atoms with Gasteiger partial charge in [-0.05, 0) is 29.3 Å². The van der Waals surface area contributed by atoms with Crippen LogP contribution in [-0.2, 0) is 0 Å². The zero-order valence-corrected chi connectivity index (χ0v) is 8.45. The molecule has 0 bridgehead atoms. The summed E-state index contributed by atoms with van der Waals surface area (Å²) >= 11 is 3.26. The molecule has 1 saturated heterocycles. The Morgan fingerprint density at radius 3 is 2.75 bits per heavy atom. The first kappa shape index (κ1) is 7.98. The highest BCUT2D eigenvalue weighted by Gasteiger charge is 2.24. The minimum absolute atomic E-state index is 0.625. The third-order valence-electron chi connectivity index (χ3n) is 2.22. The molecule has 0 amide bonds. The maximum atomic E-state index is 4.27. The van der Waals surface area contributed by atoms with Gasteiger partial charge in [-0.15, -0.1) is 0 Å². The summed E-state index contributed by atoms with van der Waals surface area (Å²) in [6.45, 7) is 3.31. The van der Waals surface area contributed by atoms with E-state index in [-0.39, 0.29) is 0 Å². The van der Waals surface area contributed by atoms with Gasteiger partial charge in [0.15, 0.2) is 0 Å². The molecule has 0 radical (unpaired) electrons.